The van der Waals surface area contributed by atoms with Gasteiger partial charge >= 0.3 is 6.09 Å². The monoisotopic (exact) mass is 325 g/mol. The summed E-state index contributed by atoms with van der Waals surface area (Å²) in [5.41, 5.74) is -0.427. The van der Waals surface area contributed by atoms with E-state index >= 15 is 0 Å². The average molecular weight is 325 g/mol. The van der Waals surface area contributed by atoms with Gasteiger partial charge in [-0.05, 0) is 78.4 Å². The van der Waals surface area contributed by atoms with Crippen molar-refractivity contribution in [1.29, 1.82) is 0 Å². The van der Waals surface area contributed by atoms with E-state index in [9.17, 15) is 4.79 Å². The third kappa shape index (κ3) is 6.68. The van der Waals surface area contributed by atoms with E-state index in [0.717, 1.165) is 25.3 Å². The molecule has 0 spiro atoms. The Morgan fingerprint density at radius 1 is 1.22 bits per heavy atom. The van der Waals surface area contributed by atoms with Crippen LogP contribution in [-0.2, 0) is 4.74 Å². The van der Waals surface area contributed by atoms with Crippen LogP contribution < -0.4 is 10.6 Å². The molecule has 5 heteroatoms. The molecule has 0 aromatic heterocycles. The van der Waals surface area contributed by atoms with Gasteiger partial charge in [0.1, 0.15) is 5.60 Å². The minimum atomic E-state index is -0.427. The Labute approximate surface area is 141 Å². The van der Waals surface area contributed by atoms with E-state index in [1.165, 1.54) is 38.9 Å². The Kier molecular flexibility index (Phi) is 6.72. The van der Waals surface area contributed by atoms with Crippen molar-refractivity contribution in [3.05, 3.63) is 0 Å². The van der Waals surface area contributed by atoms with Gasteiger partial charge in [-0.2, -0.15) is 0 Å². The molecule has 5 nitrogen and oxygen atoms in total. The van der Waals surface area contributed by atoms with Gasteiger partial charge in [0, 0.05) is 18.6 Å². The molecule has 0 aromatic carbocycles. The van der Waals surface area contributed by atoms with Gasteiger partial charge in [-0.25, -0.2) is 4.79 Å². The fourth-order valence-corrected chi connectivity index (χ4v) is 3.68. The second-order valence-electron chi connectivity index (χ2n) is 8.16. The highest BCUT2D eigenvalue weighted by atomic mass is 16.6. The lowest BCUT2D eigenvalue weighted by atomic mass is 9.90. The van der Waals surface area contributed by atoms with E-state index in [1.807, 2.05) is 20.8 Å². The molecule has 1 aliphatic carbocycles. The van der Waals surface area contributed by atoms with Gasteiger partial charge in [-0.15, -0.1) is 0 Å². The zero-order valence-electron chi connectivity index (χ0n) is 15.4. The molecule has 2 fully saturated rings. The molecule has 1 saturated heterocycles. The smallest absolute Gasteiger partial charge is 0.407 e. The zero-order valence-corrected chi connectivity index (χ0v) is 15.4. The summed E-state index contributed by atoms with van der Waals surface area (Å²) in [6, 6.07) is 0.770. The Hall–Kier alpha value is -0.810. The molecule has 0 aromatic rings. The van der Waals surface area contributed by atoms with Crippen molar-refractivity contribution in [2.75, 3.05) is 26.2 Å². The van der Waals surface area contributed by atoms with Crippen LogP contribution in [0, 0.1) is 5.92 Å². The lowest BCUT2D eigenvalue weighted by molar-refractivity contribution is 0.0488. The lowest BCUT2D eigenvalue weighted by Gasteiger charge is -2.32. The Balaban J connectivity index is 1.68. The maximum Gasteiger partial charge on any atom is 0.407 e. The maximum atomic E-state index is 11.9. The Morgan fingerprint density at radius 2 is 1.96 bits per heavy atom. The number of alkyl carbamates (subject to hydrolysis) is 1. The predicted molar refractivity (Wildman–Crippen MR) is 93.6 cm³/mol. The summed E-state index contributed by atoms with van der Waals surface area (Å²) in [7, 11) is 0. The quantitative estimate of drug-likeness (QED) is 0.816. The van der Waals surface area contributed by atoms with Gasteiger partial charge in [0.2, 0.25) is 0 Å². The number of carbonyl (C=O) groups is 1. The van der Waals surface area contributed by atoms with Crippen LogP contribution in [0.25, 0.3) is 0 Å². The number of nitrogens with one attached hydrogen (secondary N) is 2. The van der Waals surface area contributed by atoms with Crippen LogP contribution in [0.4, 0.5) is 4.79 Å². The summed E-state index contributed by atoms with van der Waals surface area (Å²) in [4.78, 5) is 14.4. The van der Waals surface area contributed by atoms with E-state index in [4.69, 9.17) is 4.74 Å². The van der Waals surface area contributed by atoms with Gasteiger partial charge in [-0.1, -0.05) is 6.92 Å². The van der Waals surface area contributed by atoms with Gasteiger partial charge in [-0.3, -0.25) is 0 Å². The summed E-state index contributed by atoms with van der Waals surface area (Å²) in [6.45, 7) is 12.7. The fraction of sp³-hybridized carbons (Fsp3) is 0.944. The van der Waals surface area contributed by atoms with Gasteiger partial charge in [0.25, 0.3) is 0 Å². The number of hydrogen-bond donors (Lipinski definition) is 2. The van der Waals surface area contributed by atoms with Crippen LogP contribution in [0.3, 0.4) is 0 Å². The molecule has 1 amide bonds. The van der Waals surface area contributed by atoms with E-state index in [2.05, 4.69) is 22.5 Å². The summed E-state index contributed by atoms with van der Waals surface area (Å²) in [5.74, 6) is 0.786. The number of rotatable bonds is 5. The van der Waals surface area contributed by atoms with Crippen molar-refractivity contribution in [1.82, 2.24) is 15.5 Å². The maximum absolute atomic E-state index is 11.9. The minimum absolute atomic E-state index is 0.242. The minimum Gasteiger partial charge on any atom is -0.444 e. The first kappa shape index (κ1) is 18.5. The molecule has 1 saturated carbocycles. The molecule has 23 heavy (non-hydrogen) atoms. The second-order valence-corrected chi connectivity index (χ2v) is 8.16. The van der Waals surface area contributed by atoms with Crippen molar-refractivity contribution < 1.29 is 9.53 Å². The van der Waals surface area contributed by atoms with Crippen LogP contribution in [0.5, 0.6) is 0 Å². The van der Waals surface area contributed by atoms with Crippen molar-refractivity contribution in [3.8, 4) is 0 Å². The first-order valence-electron chi connectivity index (χ1n) is 9.31. The van der Waals surface area contributed by atoms with Crippen LogP contribution in [0.15, 0.2) is 0 Å². The highest BCUT2D eigenvalue weighted by Gasteiger charge is 2.27. The number of ether oxygens (including phenoxy) is 1. The molecule has 2 rings (SSSR count). The third-order valence-corrected chi connectivity index (χ3v) is 4.91. The van der Waals surface area contributed by atoms with E-state index in [-0.39, 0.29) is 12.1 Å². The number of carbonyl (C=O) groups excluding carboxylic acids is 1. The highest BCUT2D eigenvalue weighted by Crippen LogP contribution is 2.21. The molecular weight excluding hydrogens is 290 g/mol. The summed E-state index contributed by atoms with van der Waals surface area (Å²) in [6.07, 6.45) is 5.50. The number of amides is 1. The lowest BCUT2D eigenvalue weighted by Crippen LogP contribution is -2.46. The van der Waals surface area contributed by atoms with Gasteiger partial charge < -0.3 is 20.3 Å². The predicted octanol–water partition coefficient (Wildman–Crippen LogP) is 2.75. The molecule has 3 atom stereocenters. The molecule has 134 valence electrons. The van der Waals surface area contributed by atoms with Gasteiger partial charge in [0.05, 0.1) is 0 Å². The topological polar surface area (TPSA) is 53.6 Å². The fourth-order valence-electron chi connectivity index (χ4n) is 3.68. The van der Waals surface area contributed by atoms with E-state index in [0.29, 0.717) is 6.04 Å². The van der Waals surface area contributed by atoms with Gasteiger partial charge in [0.15, 0.2) is 0 Å². The van der Waals surface area contributed by atoms with Crippen molar-refractivity contribution in [2.45, 2.75) is 77.5 Å². The highest BCUT2D eigenvalue weighted by molar-refractivity contribution is 5.68. The van der Waals surface area contributed by atoms with Crippen LogP contribution in [0.1, 0.15) is 59.8 Å². The van der Waals surface area contributed by atoms with E-state index < -0.39 is 5.60 Å². The number of likely N-dealkylation sites (tertiary alicyclic amines) is 1. The second kappa shape index (κ2) is 8.34. The van der Waals surface area contributed by atoms with Crippen molar-refractivity contribution >= 4 is 6.09 Å². The van der Waals surface area contributed by atoms with E-state index in [1.54, 1.807) is 0 Å². The summed E-state index contributed by atoms with van der Waals surface area (Å²) >= 11 is 0. The zero-order chi connectivity index (χ0) is 16.9. The summed E-state index contributed by atoms with van der Waals surface area (Å²) in [5, 5.41) is 6.78. The molecule has 2 aliphatic rings. The third-order valence-electron chi connectivity index (χ3n) is 4.91. The van der Waals surface area contributed by atoms with Crippen molar-refractivity contribution in [2.24, 2.45) is 5.92 Å². The standard InChI is InChI=1S/C18H35N3O2/c1-5-21-10-9-14(13-21)12-19-15-7-6-8-16(11-15)20-17(22)23-18(2,3)4/h14-16,19H,5-13H2,1-4H3,(H,20,22). The first-order chi connectivity index (χ1) is 10.9. The molecule has 0 radical (unpaired) electrons. The molecule has 1 aliphatic heterocycles. The molecule has 3 unspecified atom stereocenters. The molecule has 1 heterocycles. The van der Waals surface area contributed by atoms with Crippen LogP contribution in [0.2, 0.25) is 0 Å². The molecule has 2 N–H and O–H groups in total. The number of hydrogen-bond acceptors (Lipinski definition) is 4. The average Bonchev–Trinajstić information content (AvgIpc) is 2.91. The Bertz CT molecular complexity index is 381. The van der Waals surface area contributed by atoms with Crippen LogP contribution in [-0.4, -0.2) is 54.9 Å². The Morgan fingerprint density at radius 3 is 2.61 bits per heavy atom. The normalized spacial score (nSPS) is 29.5. The molecule has 0 bridgehead atoms. The first-order valence-corrected chi connectivity index (χ1v) is 9.31. The van der Waals surface area contributed by atoms with Crippen molar-refractivity contribution in [3.63, 3.8) is 0 Å². The molecular formula is C18H35N3O2. The van der Waals surface area contributed by atoms with Crippen LogP contribution >= 0.6 is 0 Å². The SMILES string of the molecule is CCN1CCC(CNC2CCCC(NC(=O)OC(C)(C)C)C2)C1. The number of nitrogens with zero attached hydrogens (tertiary/aromatic N) is 1. The summed E-state index contributed by atoms with van der Waals surface area (Å²) < 4.78 is 5.37. The largest absolute Gasteiger partial charge is 0.444 e.